The van der Waals surface area contributed by atoms with Crippen LogP contribution in [0.2, 0.25) is 0 Å². The van der Waals surface area contributed by atoms with Gasteiger partial charge in [-0.25, -0.2) is 10.4 Å². The van der Waals surface area contributed by atoms with Gasteiger partial charge in [-0.3, -0.25) is 4.79 Å². The van der Waals surface area contributed by atoms with Gasteiger partial charge in [0.2, 0.25) is 5.91 Å². The number of hydrazone groups is 1. The summed E-state index contributed by atoms with van der Waals surface area (Å²) in [6, 6.07) is 5.04. The van der Waals surface area contributed by atoms with Gasteiger partial charge in [-0.2, -0.15) is 5.10 Å². The maximum absolute atomic E-state index is 11.8. The number of benzene rings is 1. The number of nitrogens with one attached hydrogen (secondary N) is 1. The van der Waals surface area contributed by atoms with Gasteiger partial charge in [0.1, 0.15) is 5.75 Å². The number of phenolic OH excluding ortho intramolecular Hbond substituents is 1. The van der Waals surface area contributed by atoms with Crippen molar-refractivity contribution in [1.82, 2.24) is 10.4 Å². The molecule has 1 aromatic carbocycles. The summed E-state index contributed by atoms with van der Waals surface area (Å²) in [5.41, 5.74) is 4.29. The van der Waals surface area contributed by atoms with E-state index in [4.69, 9.17) is 0 Å². The highest BCUT2D eigenvalue weighted by atomic mass is 79.9. The summed E-state index contributed by atoms with van der Waals surface area (Å²) in [6.45, 7) is 3.61. The van der Waals surface area contributed by atoms with Crippen LogP contribution in [-0.4, -0.2) is 21.7 Å². The Morgan fingerprint density at radius 2 is 2.29 bits per heavy atom. The van der Waals surface area contributed by atoms with E-state index in [1.807, 2.05) is 12.3 Å². The van der Waals surface area contributed by atoms with Gasteiger partial charge in [-0.1, -0.05) is 15.9 Å². The molecule has 0 spiro atoms. The number of halogens is 1. The topological polar surface area (TPSA) is 74.6 Å². The molecular formula is C14H14BrN3O2S. The Balaban J connectivity index is 2.02. The number of carbonyl (C=O) groups is 1. The van der Waals surface area contributed by atoms with Crippen LogP contribution in [0.5, 0.6) is 5.75 Å². The largest absolute Gasteiger partial charge is 0.507 e. The lowest BCUT2D eigenvalue weighted by atomic mass is 10.1. The number of hydrogen-bond acceptors (Lipinski definition) is 5. The van der Waals surface area contributed by atoms with Crippen LogP contribution >= 0.6 is 27.3 Å². The molecule has 2 rings (SSSR count). The number of aromatic nitrogens is 1. The standard InChI is InChI=1S/C14H14BrN3O2S/c1-8(12-5-10(15)3-4-13(12)19)17-18-14(20)6-11-7-21-9(2)16-11/h3-5,7,19H,6H2,1-2H3,(H,18,20)/b17-8+. The number of phenols is 1. The average molecular weight is 368 g/mol. The third-order valence-electron chi connectivity index (χ3n) is 2.70. The number of nitrogens with zero attached hydrogens (tertiary/aromatic N) is 2. The van der Waals surface area contributed by atoms with Crippen molar-refractivity contribution in [2.24, 2.45) is 5.10 Å². The lowest BCUT2D eigenvalue weighted by molar-refractivity contribution is -0.120. The van der Waals surface area contributed by atoms with Crippen LogP contribution in [0.4, 0.5) is 0 Å². The maximum Gasteiger partial charge on any atom is 0.246 e. The number of aromatic hydroxyl groups is 1. The molecule has 0 unspecified atom stereocenters. The molecule has 0 aliphatic carbocycles. The lowest BCUT2D eigenvalue weighted by Gasteiger charge is -2.05. The summed E-state index contributed by atoms with van der Waals surface area (Å²) in [4.78, 5) is 16.0. The van der Waals surface area contributed by atoms with Crippen LogP contribution in [0.25, 0.3) is 0 Å². The second kappa shape index (κ2) is 6.82. The van der Waals surface area contributed by atoms with Crippen molar-refractivity contribution in [3.8, 4) is 5.75 Å². The Labute approximate surface area is 134 Å². The molecule has 0 fully saturated rings. The summed E-state index contributed by atoms with van der Waals surface area (Å²) in [5, 5.41) is 16.6. The normalized spacial score (nSPS) is 11.5. The van der Waals surface area contributed by atoms with Gasteiger partial charge in [0.25, 0.3) is 0 Å². The van der Waals surface area contributed by atoms with Gasteiger partial charge in [-0.15, -0.1) is 11.3 Å². The SMILES string of the molecule is C/C(=N\NC(=O)Cc1csc(C)n1)c1cc(Br)ccc1O. The van der Waals surface area contributed by atoms with E-state index in [9.17, 15) is 9.90 Å². The quantitative estimate of drug-likeness (QED) is 0.644. The first-order valence-electron chi connectivity index (χ1n) is 6.18. The number of amides is 1. The monoisotopic (exact) mass is 367 g/mol. The molecule has 5 nitrogen and oxygen atoms in total. The molecule has 2 N–H and O–H groups in total. The molecule has 1 amide bonds. The molecule has 0 saturated heterocycles. The zero-order valence-electron chi connectivity index (χ0n) is 11.6. The zero-order chi connectivity index (χ0) is 15.4. The van der Waals surface area contributed by atoms with Crippen LogP contribution in [0.15, 0.2) is 33.2 Å². The average Bonchev–Trinajstić information content (AvgIpc) is 2.84. The third-order valence-corrected chi connectivity index (χ3v) is 4.02. The summed E-state index contributed by atoms with van der Waals surface area (Å²) >= 11 is 4.84. The van der Waals surface area contributed by atoms with Crippen molar-refractivity contribution < 1.29 is 9.90 Å². The van der Waals surface area contributed by atoms with E-state index in [0.717, 1.165) is 15.2 Å². The molecule has 0 aliphatic rings. The van der Waals surface area contributed by atoms with E-state index in [-0.39, 0.29) is 18.1 Å². The van der Waals surface area contributed by atoms with E-state index >= 15 is 0 Å². The van der Waals surface area contributed by atoms with Crippen molar-refractivity contribution in [2.75, 3.05) is 0 Å². The predicted octanol–water partition coefficient (Wildman–Crippen LogP) is 3.00. The number of rotatable bonds is 4. The Morgan fingerprint density at radius 1 is 1.52 bits per heavy atom. The minimum Gasteiger partial charge on any atom is -0.507 e. The molecule has 0 atom stereocenters. The molecule has 21 heavy (non-hydrogen) atoms. The molecule has 1 aromatic heterocycles. The van der Waals surface area contributed by atoms with E-state index in [1.165, 1.54) is 11.3 Å². The summed E-state index contributed by atoms with van der Waals surface area (Å²) in [6.07, 6.45) is 0.186. The van der Waals surface area contributed by atoms with Crippen LogP contribution in [0.3, 0.4) is 0 Å². The molecule has 0 bridgehead atoms. The number of carbonyl (C=O) groups excluding carboxylic acids is 1. The highest BCUT2D eigenvalue weighted by molar-refractivity contribution is 9.10. The Bertz CT molecular complexity index is 697. The molecular weight excluding hydrogens is 354 g/mol. The highest BCUT2D eigenvalue weighted by Gasteiger charge is 2.08. The first-order valence-corrected chi connectivity index (χ1v) is 7.86. The second-order valence-electron chi connectivity index (χ2n) is 4.43. The van der Waals surface area contributed by atoms with Gasteiger partial charge in [0, 0.05) is 15.4 Å². The smallest absolute Gasteiger partial charge is 0.246 e. The fourth-order valence-electron chi connectivity index (χ4n) is 1.70. The highest BCUT2D eigenvalue weighted by Crippen LogP contribution is 2.22. The summed E-state index contributed by atoms with van der Waals surface area (Å²) in [7, 11) is 0. The lowest BCUT2D eigenvalue weighted by Crippen LogP contribution is -2.21. The van der Waals surface area contributed by atoms with Crippen molar-refractivity contribution in [3.05, 3.63) is 44.3 Å². The van der Waals surface area contributed by atoms with E-state index in [1.54, 1.807) is 25.1 Å². The van der Waals surface area contributed by atoms with Crippen molar-refractivity contribution >= 4 is 38.9 Å². The van der Waals surface area contributed by atoms with Crippen molar-refractivity contribution in [1.29, 1.82) is 0 Å². The Hall–Kier alpha value is -1.73. The Kier molecular flexibility index (Phi) is 5.08. The predicted molar refractivity (Wildman–Crippen MR) is 86.7 cm³/mol. The van der Waals surface area contributed by atoms with Crippen LogP contribution in [-0.2, 0) is 11.2 Å². The first-order chi connectivity index (χ1) is 9.95. The minimum absolute atomic E-state index is 0.115. The second-order valence-corrected chi connectivity index (χ2v) is 6.41. The molecule has 0 aliphatic heterocycles. The summed E-state index contributed by atoms with van der Waals surface area (Å²) < 4.78 is 0.828. The zero-order valence-corrected chi connectivity index (χ0v) is 14.0. The van der Waals surface area contributed by atoms with Crippen molar-refractivity contribution in [2.45, 2.75) is 20.3 Å². The Morgan fingerprint density at radius 3 is 2.95 bits per heavy atom. The van der Waals surface area contributed by atoms with E-state index < -0.39 is 0 Å². The fraction of sp³-hybridized carbons (Fsp3) is 0.214. The van der Waals surface area contributed by atoms with Gasteiger partial charge in [0.05, 0.1) is 22.8 Å². The minimum atomic E-state index is -0.242. The molecule has 0 radical (unpaired) electrons. The first kappa shape index (κ1) is 15.7. The van der Waals surface area contributed by atoms with E-state index in [2.05, 4.69) is 31.4 Å². The molecule has 7 heteroatoms. The van der Waals surface area contributed by atoms with E-state index in [0.29, 0.717) is 11.3 Å². The van der Waals surface area contributed by atoms with Gasteiger partial charge < -0.3 is 5.11 Å². The molecule has 2 aromatic rings. The fourth-order valence-corrected chi connectivity index (χ4v) is 2.67. The number of thiazole rings is 1. The van der Waals surface area contributed by atoms with Crippen LogP contribution < -0.4 is 5.43 Å². The molecule has 110 valence electrons. The third kappa shape index (κ3) is 4.37. The van der Waals surface area contributed by atoms with Gasteiger partial charge >= 0.3 is 0 Å². The number of hydrogen-bond donors (Lipinski definition) is 2. The molecule has 1 heterocycles. The maximum atomic E-state index is 11.8. The van der Waals surface area contributed by atoms with Crippen molar-refractivity contribution in [3.63, 3.8) is 0 Å². The summed E-state index contributed by atoms with van der Waals surface area (Å²) in [5.74, 6) is -0.127. The van der Waals surface area contributed by atoms with Crippen LogP contribution in [0.1, 0.15) is 23.2 Å². The molecule has 0 saturated carbocycles. The van der Waals surface area contributed by atoms with Gasteiger partial charge in [0.15, 0.2) is 0 Å². The van der Waals surface area contributed by atoms with Gasteiger partial charge in [-0.05, 0) is 32.0 Å². The number of aryl methyl sites for hydroxylation is 1. The van der Waals surface area contributed by atoms with Crippen LogP contribution in [0, 0.1) is 6.92 Å².